The third-order valence-corrected chi connectivity index (χ3v) is 2.49. The van der Waals surface area contributed by atoms with Gasteiger partial charge in [-0.05, 0) is 18.6 Å². The number of benzene rings is 1. The maximum absolute atomic E-state index is 11.8. The molecule has 0 radical (unpaired) electrons. The number of carbonyl (C=O) groups excluding carboxylic acids is 2. The molecular weight excluding hydrogens is 288 g/mol. The van der Waals surface area contributed by atoms with Gasteiger partial charge in [-0.3, -0.25) is 9.59 Å². The van der Waals surface area contributed by atoms with Crippen molar-refractivity contribution in [2.75, 3.05) is 7.05 Å². The number of carboxylic acid groups (broad SMARTS) is 1. The van der Waals surface area contributed by atoms with Gasteiger partial charge >= 0.3 is 35.0 Å². The monoisotopic (exact) mass is 306 g/mol. The van der Waals surface area contributed by atoms with E-state index in [0.29, 0.717) is 5.56 Å². The Morgan fingerprint density at radius 3 is 2.43 bits per heavy atom. The molecule has 0 saturated carbocycles. The van der Waals surface area contributed by atoms with Crippen LogP contribution in [0.15, 0.2) is 30.3 Å². The fraction of sp³-hybridized carbons (Fsp3) is 0.308. The van der Waals surface area contributed by atoms with Crippen molar-refractivity contribution in [3.05, 3.63) is 35.9 Å². The smallest absolute Gasteiger partial charge is 1.00 e. The molecule has 0 aliphatic rings. The third kappa shape index (κ3) is 7.07. The van der Waals surface area contributed by atoms with Crippen molar-refractivity contribution in [2.24, 2.45) is 0 Å². The van der Waals surface area contributed by atoms with E-state index in [-0.39, 0.29) is 38.7 Å². The quantitative estimate of drug-likeness (QED) is 0.490. The molecule has 0 aliphatic heterocycles. The molecular formula is C13H18MgN2O5. The summed E-state index contributed by atoms with van der Waals surface area (Å²) in [6, 6.07) is 7.10. The minimum absolute atomic E-state index is 0. The van der Waals surface area contributed by atoms with Crippen LogP contribution in [0.3, 0.4) is 0 Å². The summed E-state index contributed by atoms with van der Waals surface area (Å²) in [4.78, 5) is 38.5. The van der Waals surface area contributed by atoms with Gasteiger partial charge < -0.3 is 18.1 Å². The van der Waals surface area contributed by atoms with Crippen LogP contribution in [0.4, 0.5) is 0 Å². The number of nitrogens with one attached hydrogen (secondary N) is 2. The van der Waals surface area contributed by atoms with E-state index in [4.69, 9.17) is 5.11 Å². The molecule has 112 valence electrons. The number of hydroxylamine groups is 1. The molecule has 1 amide bonds. The second-order valence-electron chi connectivity index (χ2n) is 3.95. The van der Waals surface area contributed by atoms with Gasteiger partial charge in [-0.15, -0.1) is 0 Å². The van der Waals surface area contributed by atoms with Crippen molar-refractivity contribution in [3.63, 3.8) is 0 Å². The van der Waals surface area contributed by atoms with Crippen LogP contribution in [0.5, 0.6) is 0 Å². The van der Waals surface area contributed by atoms with E-state index in [1.807, 2.05) is 0 Å². The number of amides is 1. The zero-order chi connectivity index (χ0) is 15.0. The van der Waals surface area contributed by atoms with Crippen molar-refractivity contribution >= 4 is 40.9 Å². The van der Waals surface area contributed by atoms with E-state index in [0.717, 1.165) is 0 Å². The molecule has 1 atom stereocenters. The topological polar surface area (TPSA) is 105 Å². The first-order valence-corrected chi connectivity index (χ1v) is 5.99. The SMILES string of the molecule is CNOC(=O)CC[C@H](NC(=O)c1ccccc1)C(=O)O.[H-].[H-].[Mg+2]. The normalized spacial score (nSPS) is 10.9. The molecule has 0 aliphatic carbocycles. The van der Waals surface area contributed by atoms with Gasteiger partial charge in [0.15, 0.2) is 0 Å². The van der Waals surface area contributed by atoms with E-state index in [2.05, 4.69) is 15.6 Å². The largest absolute Gasteiger partial charge is 2.00 e. The van der Waals surface area contributed by atoms with Crippen molar-refractivity contribution < 1.29 is 27.2 Å². The fourth-order valence-corrected chi connectivity index (χ4v) is 1.52. The minimum Gasteiger partial charge on any atom is -1.00 e. The van der Waals surface area contributed by atoms with E-state index in [1.165, 1.54) is 7.05 Å². The third-order valence-electron chi connectivity index (χ3n) is 2.49. The maximum atomic E-state index is 11.8. The van der Waals surface area contributed by atoms with Gasteiger partial charge in [0, 0.05) is 19.0 Å². The van der Waals surface area contributed by atoms with Crippen LogP contribution in [0.25, 0.3) is 0 Å². The Labute approximate surface area is 141 Å². The van der Waals surface area contributed by atoms with E-state index in [1.54, 1.807) is 30.3 Å². The molecule has 1 rings (SSSR count). The van der Waals surface area contributed by atoms with Gasteiger partial charge in [-0.2, -0.15) is 5.48 Å². The van der Waals surface area contributed by atoms with Crippen LogP contribution in [0.2, 0.25) is 0 Å². The number of aliphatic carboxylic acids is 1. The van der Waals surface area contributed by atoms with Crippen molar-refractivity contribution in [1.29, 1.82) is 0 Å². The molecule has 0 saturated heterocycles. The Kier molecular flexibility index (Phi) is 9.34. The Bertz CT molecular complexity index is 491. The Morgan fingerprint density at radius 2 is 1.90 bits per heavy atom. The minimum atomic E-state index is -1.20. The number of carbonyl (C=O) groups is 3. The predicted octanol–water partition coefficient (Wildman–Crippen LogP) is 0.172. The first-order valence-electron chi connectivity index (χ1n) is 5.99. The van der Waals surface area contributed by atoms with Crippen LogP contribution in [-0.4, -0.2) is 59.1 Å². The molecule has 7 nitrogen and oxygen atoms in total. The zero-order valence-electron chi connectivity index (χ0n) is 13.7. The molecule has 8 heteroatoms. The zero-order valence-corrected chi connectivity index (χ0v) is 13.1. The number of carboxylic acids is 1. The molecule has 21 heavy (non-hydrogen) atoms. The second kappa shape index (κ2) is 10.1. The van der Waals surface area contributed by atoms with Crippen molar-refractivity contribution in [1.82, 2.24) is 10.8 Å². The van der Waals surface area contributed by atoms with Gasteiger partial charge in [-0.25, -0.2) is 4.79 Å². The summed E-state index contributed by atoms with van der Waals surface area (Å²) < 4.78 is 0. The molecule has 0 spiro atoms. The van der Waals surface area contributed by atoms with Gasteiger partial charge in [0.1, 0.15) is 6.04 Å². The van der Waals surface area contributed by atoms with E-state index in [9.17, 15) is 14.4 Å². The summed E-state index contributed by atoms with van der Waals surface area (Å²) in [6.07, 6.45) is -0.165. The Balaban J connectivity index is -0.00000133. The first kappa shape index (κ1) is 19.4. The van der Waals surface area contributed by atoms with Crippen LogP contribution >= 0.6 is 0 Å². The summed E-state index contributed by atoms with van der Waals surface area (Å²) in [5.74, 6) is -2.29. The number of rotatable bonds is 7. The summed E-state index contributed by atoms with van der Waals surface area (Å²) in [6.45, 7) is 0. The summed E-state index contributed by atoms with van der Waals surface area (Å²) in [5.41, 5.74) is 2.56. The molecule has 0 unspecified atom stereocenters. The van der Waals surface area contributed by atoms with Crippen LogP contribution < -0.4 is 10.8 Å². The summed E-state index contributed by atoms with van der Waals surface area (Å²) >= 11 is 0. The molecule has 0 fully saturated rings. The van der Waals surface area contributed by atoms with Crippen LogP contribution in [-0.2, 0) is 14.4 Å². The summed E-state index contributed by atoms with van der Waals surface area (Å²) in [7, 11) is 1.42. The first-order chi connectivity index (χ1) is 9.54. The van der Waals surface area contributed by atoms with Crippen molar-refractivity contribution in [2.45, 2.75) is 18.9 Å². The average Bonchev–Trinajstić information content (AvgIpc) is 2.44. The predicted molar refractivity (Wildman–Crippen MR) is 77.7 cm³/mol. The standard InChI is InChI=1S/C13H16N2O5.Mg.2H/c1-14-20-11(16)8-7-10(13(18)19)15-12(17)9-5-3-2-4-6-9;;;/h2-6,10,14H,7-8H2,1H3,(H,15,17)(H,18,19);;;/q;+2;2*-1/t10-;;;/m0.../s1. The number of hydrogen-bond donors (Lipinski definition) is 3. The molecule has 0 bridgehead atoms. The van der Waals surface area contributed by atoms with Gasteiger partial charge in [0.25, 0.3) is 5.91 Å². The van der Waals surface area contributed by atoms with Gasteiger partial charge in [0.2, 0.25) is 0 Å². The average molecular weight is 307 g/mol. The van der Waals surface area contributed by atoms with E-state index < -0.39 is 23.9 Å². The molecule has 0 aromatic heterocycles. The second-order valence-corrected chi connectivity index (χ2v) is 3.95. The van der Waals surface area contributed by atoms with Crippen LogP contribution in [0.1, 0.15) is 26.1 Å². The molecule has 1 aromatic carbocycles. The number of hydrogen-bond acceptors (Lipinski definition) is 5. The molecule has 0 heterocycles. The molecule has 1 aromatic rings. The fourth-order valence-electron chi connectivity index (χ4n) is 1.52. The Hall–Kier alpha value is -1.64. The van der Waals surface area contributed by atoms with Crippen LogP contribution in [0, 0.1) is 0 Å². The van der Waals surface area contributed by atoms with Gasteiger partial charge in [-0.1, -0.05) is 18.2 Å². The van der Waals surface area contributed by atoms with E-state index >= 15 is 0 Å². The summed E-state index contributed by atoms with van der Waals surface area (Å²) in [5, 5.41) is 11.4. The maximum Gasteiger partial charge on any atom is 2.00 e. The van der Waals surface area contributed by atoms with Gasteiger partial charge in [0.05, 0.1) is 0 Å². The Morgan fingerprint density at radius 1 is 1.29 bits per heavy atom. The molecule has 3 N–H and O–H groups in total. The van der Waals surface area contributed by atoms with Crippen molar-refractivity contribution in [3.8, 4) is 0 Å².